The van der Waals surface area contributed by atoms with Gasteiger partial charge >= 0.3 is 6.09 Å². The molecule has 0 bridgehead atoms. The highest BCUT2D eigenvalue weighted by Crippen LogP contribution is 2.36. The fourth-order valence-electron chi connectivity index (χ4n) is 5.86. The molecule has 2 fully saturated rings. The smallest absolute Gasteiger partial charge is 0.412 e. The maximum atomic E-state index is 13.7. The van der Waals surface area contributed by atoms with Gasteiger partial charge in [-0.05, 0) is 101 Å². The average molecular weight is 510 g/mol. The second-order valence-corrected chi connectivity index (χ2v) is 10.4. The normalized spacial score (nSPS) is 22.3. The maximum Gasteiger partial charge on any atom is 0.412 e. The first-order valence-corrected chi connectivity index (χ1v) is 13.3. The van der Waals surface area contributed by atoms with Gasteiger partial charge in [0.05, 0.1) is 5.69 Å². The van der Waals surface area contributed by atoms with Crippen molar-refractivity contribution in [3.8, 4) is 17.2 Å². The van der Waals surface area contributed by atoms with Crippen LogP contribution in [-0.2, 0) is 0 Å². The lowest BCUT2D eigenvalue weighted by atomic mass is 9.84. The van der Waals surface area contributed by atoms with Crippen LogP contribution >= 0.6 is 0 Å². The second kappa shape index (κ2) is 10.6. The molecule has 0 radical (unpaired) electrons. The zero-order valence-electron chi connectivity index (χ0n) is 20.8. The van der Waals surface area contributed by atoms with Crippen LogP contribution in [0.2, 0.25) is 0 Å². The predicted molar refractivity (Wildman–Crippen MR) is 134 cm³/mol. The Morgan fingerprint density at radius 1 is 1.03 bits per heavy atom. The number of hydrogen-bond donors (Lipinski definition) is 1. The minimum atomic E-state index is -0.423. The Balaban J connectivity index is 0.903. The fourth-order valence-corrected chi connectivity index (χ4v) is 5.86. The van der Waals surface area contributed by atoms with Crippen LogP contribution in [0.4, 0.5) is 9.18 Å². The van der Waals surface area contributed by atoms with Gasteiger partial charge in [0.15, 0.2) is 17.1 Å². The standard InChI is InChI=1S/C28H32FN3O5/c29-20-3-7-24-23(15-20)27(31-37-24)19-10-13-32(14-11-19)12-9-18-1-4-21(5-2-18)30-28(33)36-22-6-8-25-26(16-22)35-17-34-25/h3,6-8,15-16,18-19,21H,1-2,4-5,9-14,17H2,(H,30,33). The van der Waals surface area contributed by atoms with Gasteiger partial charge in [-0.2, -0.15) is 0 Å². The Bertz CT molecular complexity index is 1250. The van der Waals surface area contributed by atoms with Crippen LogP contribution in [0.5, 0.6) is 17.2 Å². The number of halogens is 1. The van der Waals surface area contributed by atoms with Gasteiger partial charge in [-0.1, -0.05) is 5.16 Å². The van der Waals surface area contributed by atoms with Crippen molar-refractivity contribution >= 4 is 17.1 Å². The first kappa shape index (κ1) is 24.0. The van der Waals surface area contributed by atoms with E-state index in [1.54, 1.807) is 24.3 Å². The van der Waals surface area contributed by atoms with E-state index < -0.39 is 6.09 Å². The minimum Gasteiger partial charge on any atom is -0.454 e. The van der Waals surface area contributed by atoms with E-state index in [4.69, 9.17) is 18.7 Å². The number of hydrogen-bond acceptors (Lipinski definition) is 7. The van der Waals surface area contributed by atoms with Gasteiger partial charge in [-0.25, -0.2) is 9.18 Å². The molecule has 9 heteroatoms. The molecule has 3 aliphatic rings. The summed E-state index contributed by atoms with van der Waals surface area (Å²) in [6.45, 7) is 3.33. The van der Waals surface area contributed by atoms with E-state index in [-0.39, 0.29) is 18.7 Å². The SMILES string of the molecule is O=C(NC1CCC(CCN2CCC(c3noc4ccc(F)cc34)CC2)CC1)Oc1ccc2c(c1)OCO2. The highest BCUT2D eigenvalue weighted by molar-refractivity contribution is 5.80. The molecule has 196 valence electrons. The molecule has 0 spiro atoms. The number of fused-ring (bicyclic) bond motifs is 2. The van der Waals surface area contributed by atoms with Crippen LogP contribution in [0.1, 0.15) is 56.6 Å². The molecule has 2 aliphatic heterocycles. The summed E-state index contributed by atoms with van der Waals surface area (Å²) < 4.78 is 35.2. The number of aromatic nitrogens is 1. The number of piperidine rings is 1. The number of amides is 1. The zero-order chi connectivity index (χ0) is 25.2. The third-order valence-electron chi connectivity index (χ3n) is 8.01. The Morgan fingerprint density at radius 2 is 1.84 bits per heavy atom. The van der Waals surface area contributed by atoms with Crippen LogP contribution in [0, 0.1) is 11.7 Å². The summed E-state index contributed by atoms with van der Waals surface area (Å²) in [6.07, 6.45) is 6.95. The van der Waals surface area contributed by atoms with E-state index in [0.29, 0.717) is 34.7 Å². The van der Waals surface area contributed by atoms with Crippen LogP contribution in [-0.4, -0.2) is 48.6 Å². The van der Waals surface area contributed by atoms with Gasteiger partial charge in [0.25, 0.3) is 0 Å². The van der Waals surface area contributed by atoms with Crippen molar-refractivity contribution in [3.05, 3.63) is 47.9 Å². The third kappa shape index (κ3) is 5.51. The summed E-state index contributed by atoms with van der Waals surface area (Å²) in [7, 11) is 0. The molecule has 1 aromatic heterocycles. The Morgan fingerprint density at radius 3 is 2.68 bits per heavy atom. The van der Waals surface area contributed by atoms with Crippen LogP contribution < -0.4 is 19.5 Å². The summed E-state index contributed by atoms with van der Waals surface area (Å²) >= 11 is 0. The average Bonchev–Trinajstić information content (AvgIpc) is 3.55. The first-order chi connectivity index (χ1) is 18.1. The van der Waals surface area contributed by atoms with Crippen LogP contribution in [0.25, 0.3) is 11.0 Å². The Hall–Kier alpha value is -3.33. The number of carbonyl (C=O) groups excluding carboxylic acids is 1. The number of carbonyl (C=O) groups is 1. The molecule has 1 N–H and O–H groups in total. The van der Waals surface area contributed by atoms with Gasteiger partial charge in [-0.15, -0.1) is 0 Å². The molecular formula is C28H32FN3O5. The first-order valence-electron chi connectivity index (χ1n) is 13.3. The number of nitrogens with zero attached hydrogens (tertiary/aromatic N) is 2. The largest absolute Gasteiger partial charge is 0.454 e. The lowest BCUT2D eigenvalue weighted by Crippen LogP contribution is -2.40. The topological polar surface area (TPSA) is 86.1 Å². The molecule has 8 nitrogen and oxygen atoms in total. The summed E-state index contributed by atoms with van der Waals surface area (Å²) in [4.78, 5) is 14.9. The Labute approximate surface area is 215 Å². The van der Waals surface area contributed by atoms with Crippen molar-refractivity contribution in [2.24, 2.45) is 5.92 Å². The molecule has 1 saturated heterocycles. The Kier molecular flexibility index (Phi) is 6.87. The molecule has 2 aromatic carbocycles. The number of likely N-dealkylation sites (tertiary alicyclic amines) is 1. The number of rotatable bonds is 6. The van der Waals surface area contributed by atoms with Crippen molar-refractivity contribution in [1.82, 2.24) is 15.4 Å². The monoisotopic (exact) mass is 509 g/mol. The molecule has 3 heterocycles. The van der Waals surface area contributed by atoms with Crippen molar-refractivity contribution in [1.29, 1.82) is 0 Å². The van der Waals surface area contributed by atoms with Gasteiger partial charge in [0.1, 0.15) is 11.6 Å². The summed E-state index contributed by atoms with van der Waals surface area (Å²) in [6, 6.07) is 9.89. The van der Waals surface area contributed by atoms with E-state index in [0.717, 1.165) is 69.2 Å². The molecule has 0 unspecified atom stereocenters. The van der Waals surface area contributed by atoms with E-state index in [1.165, 1.54) is 18.6 Å². The molecular weight excluding hydrogens is 477 g/mol. The second-order valence-electron chi connectivity index (χ2n) is 10.4. The maximum absolute atomic E-state index is 13.7. The zero-order valence-corrected chi connectivity index (χ0v) is 20.8. The van der Waals surface area contributed by atoms with Crippen LogP contribution in [0.15, 0.2) is 40.9 Å². The summed E-state index contributed by atoms with van der Waals surface area (Å²) in [5.74, 6) is 2.46. The van der Waals surface area contributed by atoms with E-state index in [9.17, 15) is 9.18 Å². The highest BCUT2D eigenvalue weighted by Gasteiger charge is 2.27. The molecule has 1 saturated carbocycles. The van der Waals surface area contributed by atoms with Gasteiger partial charge in [0, 0.05) is 23.4 Å². The van der Waals surface area contributed by atoms with Crippen molar-refractivity contribution in [2.75, 3.05) is 26.4 Å². The molecule has 1 aliphatic carbocycles. The summed E-state index contributed by atoms with van der Waals surface area (Å²) in [5, 5.41) is 8.08. The van der Waals surface area contributed by atoms with Crippen molar-refractivity contribution in [3.63, 3.8) is 0 Å². The fraction of sp³-hybridized carbons (Fsp3) is 0.500. The van der Waals surface area contributed by atoms with E-state index >= 15 is 0 Å². The van der Waals surface area contributed by atoms with E-state index in [1.807, 2.05) is 0 Å². The third-order valence-corrected chi connectivity index (χ3v) is 8.01. The van der Waals surface area contributed by atoms with Gasteiger partial charge in [-0.3, -0.25) is 0 Å². The highest BCUT2D eigenvalue weighted by atomic mass is 19.1. The van der Waals surface area contributed by atoms with Crippen molar-refractivity contribution < 1.29 is 27.9 Å². The van der Waals surface area contributed by atoms with Crippen LogP contribution in [0.3, 0.4) is 0 Å². The quantitative estimate of drug-likeness (QED) is 0.462. The van der Waals surface area contributed by atoms with Gasteiger partial charge in [0.2, 0.25) is 6.79 Å². The number of nitrogens with one attached hydrogen (secondary N) is 1. The summed E-state index contributed by atoms with van der Waals surface area (Å²) in [5.41, 5.74) is 1.56. The lowest BCUT2D eigenvalue weighted by Gasteiger charge is -2.34. The van der Waals surface area contributed by atoms with Crippen molar-refractivity contribution in [2.45, 2.75) is 56.9 Å². The lowest BCUT2D eigenvalue weighted by molar-refractivity contribution is 0.172. The molecule has 0 atom stereocenters. The predicted octanol–water partition coefficient (Wildman–Crippen LogP) is 5.61. The number of ether oxygens (including phenoxy) is 3. The molecule has 1 amide bonds. The minimum absolute atomic E-state index is 0.149. The molecule has 6 rings (SSSR count). The molecule has 37 heavy (non-hydrogen) atoms. The number of benzene rings is 2. The van der Waals surface area contributed by atoms with E-state index in [2.05, 4.69) is 15.4 Å². The molecule has 3 aromatic rings. The van der Waals surface area contributed by atoms with Gasteiger partial charge < -0.3 is 29.0 Å².